The van der Waals surface area contributed by atoms with Crippen molar-refractivity contribution in [2.75, 3.05) is 40.5 Å². The number of methoxy groups -OCH3 is 2. The molecule has 0 bridgehead atoms. The monoisotopic (exact) mass is 470 g/mol. The number of nitrogens with zero attached hydrogens (tertiary/aromatic N) is 3. The number of hydrogen-bond donors (Lipinski definition) is 1. The average molecular weight is 471 g/mol. The molecule has 1 atom stereocenters. The highest BCUT2D eigenvalue weighted by atomic mass is 19.1. The van der Waals surface area contributed by atoms with Crippen LogP contribution in [0.2, 0.25) is 0 Å². The van der Waals surface area contributed by atoms with Crippen molar-refractivity contribution < 1.29 is 23.5 Å². The number of carbonyl (C=O) groups is 2. The Morgan fingerprint density at radius 2 is 1.91 bits per heavy atom. The van der Waals surface area contributed by atoms with Crippen LogP contribution < -0.4 is 10.1 Å². The van der Waals surface area contributed by atoms with Crippen molar-refractivity contribution in [3.8, 4) is 5.75 Å². The number of para-hydroxylation sites is 1. The summed E-state index contributed by atoms with van der Waals surface area (Å²) in [7, 11) is 3.12. The first-order valence-corrected chi connectivity index (χ1v) is 11.3. The van der Waals surface area contributed by atoms with E-state index in [-0.39, 0.29) is 30.8 Å². The highest BCUT2D eigenvalue weighted by Crippen LogP contribution is 2.37. The molecule has 2 aromatic carbocycles. The van der Waals surface area contributed by atoms with E-state index >= 15 is 0 Å². The molecule has 1 aliphatic rings. The summed E-state index contributed by atoms with van der Waals surface area (Å²) in [5.74, 6) is -0.0445. The van der Waals surface area contributed by atoms with Crippen molar-refractivity contribution >= 4 is 17.6 Å². The van der Waals surface area contributed by atoms with Crippen LogP contribution >= 0.6 is 0 Å². The molecule has 0 saturated heterocycles. The predicted octanol–water partition coefficient (Wildman–Crippen LogP) is 3.58. The van der Waals surface area contributed by atoms with Gasteiger partial charge in [-0.05, 0) is 30.2 Å². The number of urea groups is 1. The lowest BCUT2D eigenvalue weighted by molar-refractivity contribution is -0.133. The summed E-state index contributed by atoms with van der Waals surface area (Å²) in [6, 6.07) is 12.7. The van der Waals surface area contributed by atoms with Gasteiger partial charge in [0.15, 0.2) is 0 Å². The first kappa shape index (κ1) is 25.2. The van der Waals surface area contributed by atoms with E-state index < -0.39 is 6.04 Å². The zero-order chi connectivity index (χ0) is 24.5. The fourth-order valence-electron chi connectivity index (χ4n) is 3.77. The summed E-state index contributed by atoms with van der Waals surface area (Å²) in [6.07, 6.45) is 1.21. The third-order valence-corrected chi connectivity index (χ3v) is 5.55. The van der Waals surface area contributed by atoms with Crippen LogP contribution in [0.4, 0.5) is 9.18 Å². The Kier molecular flexibility index (Phi) is 8.98. The van der Waals surface area contributed by atoms with Crippen LogP contribution in [0.5, 0.6) is 5.75 Å². The van der Waals surface area contributed by atoms with E-state index in [1.54, 1.807) is 26.4 Å². The Hall–Kier alpha value is -3.46. The van der Waals surface area contributed by atoms with Crippen molar-refractivity contribution in [2.45, 2.75) is 25.8 Å². The molecule has 8 nitrogen and oxygen atoms in total. The molecule has 182 valence electrons. The summed E-state index contributed by atoms with van der Waals surface area (Å²) >= 11 is 0. The Morgan fingerprint density at radius 1 is 1.18 bits per heavy atom. The highest BCUT2D eigenvalue weighted by molar-refractivity contribution is 6.03. The Balaban J connectivity index is 1.90. The number of carbonyl (C=O) groups excluding carboxylic acids is 2. The Morgan fingerprint density at radius 3 is 2.59 bits per heavy atom. The molecule has 2 aromatic rings. The highest BCUT2D eigenvalue weighted by Gasteiger charge is 2.35. The fourth-order valence-corrected chi connectivity index (χ4v) is 3.77. The Bertz CT molecular complexity index is 1010. The molecule has 34 heavy (non-hydrogen) atoms. The lowest BCUT2D eigenvalue weighted by Gasteiger charge is -2.27. The van der Waals surface area contributed by atoms with Crippen LogP contribution in [-0.2, 0) is 9.53 Å². The number of amides is 3. The number of ether oxygens (including phenoxy) is 2. The summed E-state index contributed by atoms with van der Waals surface area (Å²) in [4.78, 5) is 27.5. The molecular weight excluding hydrogens is 439 g/mol. The number of nitrogens with one attached hydrogen (secondary N) is 1. The van der Waals surface area contributed by atoms with E-state index in [2.05, 4.69) is 10.4 Å². The van der Waals surface area contributed by atoms with E-state index in [9.17, 15) is 14.0 Å². The van der Waals surface area contributed by atoms with Crippen molar-refractivity contribution in [3.63, 3.8) is 0 Å². The van der Waals surface area contributed by atoms with Gasteiger partial charge in [-0.2, -0.15) is 5.10 Å². The largest absolute Gasteiger partial charge is 0.496 e. The van der Waals surface area contributed by atoms with Crippen molar-refractivity contribution in [3.05, 3.63) is 65.5 Å². The first-order chi connectivity index (χ1) is 16.5. The van der Waals surface area contributed by atoms with E-state index in [0.717, 1.165) is 17.5 Å². The summed E-state index contributed by atoms with van der Waals surface area (Å²) in [5, 5.41) is 8.82. The number of hydrazone groups is 1. The summed E-state index contributed by atoms with van der Waals surface area (Å²) in [5.41, 5.74) is 2.19. The first-order valence-electron chi connectivity index (χ1n) is 11.3. The van der Waals surface area contributed by atoms with E-state index in [1.807, 2.05) is 31.2 Å². The van der Waals surface area contributed by atoms with E-state index in [1.165, 1.54) is 22.0 Å². The van der Waals surface area contributed by atoms with Crippen LogP contribution in [0.1, 0.15) is 36.9 Å². The molecule has 1 N–H and O–H groups in total. The minimum Gasteiger partial charge on any atom is -0.496 e. The van der Waals surface area contributed by atoms with E-state index in [4.69, 9.17) is 9.47 Å². The Labute approximate surface area is 199 Å². The van der Waals surface area contributed by atoms with Gasteiger partial charge < -0.3 is 19.7 Å². The molecular formula is C25H31FN4O4. The molecule has 9 heteroatoms. The van der Waals surface area contributed by atoms with Crippen LogP contribution in [0.25, 0.3) is 0 Å². The zero-order valence-corrected chi connectivity index (χ0v) is 19.8. The molecule has 1 heterocycles. The summed E-state index contributed by atoms with van der Waals surface area (Å²) in [6.45, 7) is 2.87. The van der Waals surface area contributed by atoms with Crippen molar-refractivity contribution in [1.82, 2.24) is 15.2 Å². The standard InChI is InChI=1S/C25H31FN4O4/c1-4-13-27-25(32)29(14-15-33-2)17-24(31)30-22(20-7-5-6-8-23(20)34-3)16-21(28-30)18-9-11-19(26)12-10-18/h5-12,22H,4,13-17H2,1-3H3,(H,27,32). The number of rotatable bonds is 10. The van der Waals surface area contributed by atoms with Crippen molar-refractivity contribution in [2.24, 2.45) is 5.10 Å². The molecule has 0 aliphatic carbocycles. The van der Waals surface area contributed by atoms with Gasteiger partial charge in [-0.1, -0.05) is 37.3 Å². The van der Waals surface area contributed by atoms with E-state index in [0.29, 0.717) is 31.0 Å². The van der Waals surface area contributed by atoms with Crippen molar-refractivity contribution in [1.29, 1.82) is 0 Å². The van der Waals surface area contributed by atoms with Gasteiger partial charge in [0.05, 0.1) is 25.5 Å². The average Bonchev–Trinajstić information content (AvgIpc) is 3.30. The number of hydrogen-bond acceptors (Lipinski definition) is 5. The van der Waals surface area contributed by atoms with Crippen LogP contribution in [0, 0.1) is 5.82 Å². The third-order valence-electron chi connectivity index (χ3n) is 5.55. The third kappa shape index (κ3) is 6.11. The van der Waals surface area contributed by atoms with Gasteiger partial charge in [-0.15, -0.1) is 0 Å². The predicted molar refractivity (Wildman–Crippen MR) is 127 cm³/mol. The molecule has 0 spiro atoms. The lowest BCUT2D eigenvalue weighted by Crippen LogP contribution is -2.47. The second-order valence-corrected chi connectivity index (χ2v) is 7.90. The smallest absolute Gasteiger partial charge is 0.317 e. The van der Waals surface area contributed by atoms with Gasteiger partial charge in [0, 0.05) is 32.2 Å². The van der Waals surface area contributed by atoms with Gasteiger partial charge in [0.2, 0.25) is 0 Å². The number of benzene rings is 2. The maximum Gasteiger partial charge on any atom is 0.317 e. The minimum absolute atomic E-state index is 0.162. The molecule has 0 radical (unpaired) electrons. The van der Waals surface area contributed by atoms with Gasteiger partial charge >= 0.3 is 6.03 Å². The van der Waals surface area contributed by atoms with Gasteiger partial charge in [0.1, 0.15) is 18.1 Å². The molecule has 3 rings (SSSR count). The fraction of sp³-hybridized carbons (Fsp3) is 0.400. The maximum absolute atomic E-state index is 13.5. The molecule has 1 unspecified atom stereocenters. The second kappa shape index (κ2) is 12.1. The van der Waals surface area contributed by atoms with Gasteiger partial charge in [-0.25, -0.2) is 14.2 Å². The number of halogens is 1. The lowest BCUT2D eigenvalue weighted by atomic mass is 9.97. The second-order valence-electron chi connectivity index (χ2n) is 7.90. The van der Waals surface area contributed by atoms with Gasteiger partial charge in [-0.3, -0.25) is 4.79 Å². The minimum atomic E-state index is -0.424. The normalized spacial score (nSPS) is 15.1. The molecule has 0 saturated carbocycles. The topological polar surface area (TPSA) is 83.5 Å². The molecule has 0 aromatic heterocycles. The molecule has 0 fully saturated rings. The molecule has 3 amide bonds. The summed E-state index contributed by atoms with van der Waals surface area (Å²) < 4.78 is 24.1. The maximum atomic E-state index is 13.5. The zero-order valence-electron chi connectivity index (χ0n) is 19.8. The quantitative estimate of drug-likeness (QED) is 0.575. The van der Waals surface area contributed by atoms with Gasteiger partial charge in [0.25, 0.3) is 5.91 Å². The van der Waals surface area contributed by atoms with Crippen LogP contribution in [0.15, 0.2) is 53.6 Å². The SMILES string of the molecule is CCCNC(=O)N(CCOC)CC(=O)N1N=C(c2ccc(F)cc2)CC1c1ccccc1OC. The van der Waals surface area contributed by atoms with Crippen LogP contribution in [0.3, 0.4) is 0 Å². The molecule has 1 aliphatic heterocycles. The van der Waals surface area contributed by atoms with Crippen LogP contribution in [-0.4, -0.2) is 68.0 Å².